The Kier molecular flexibility index (Phi) is 4.22. The van der Waals surface area contributed by atoms with Gasteiger partial charge in [0.2, 0.25) is 0 Å². The van der Waals surface area contributed by atoms with E-state index >= 15 is 0 Å². The summed E-state index contributed by atoms with van der Waals surface area (Å²) in [6.07, 6.45) is 9.44. The Hall–Kier alpha value is -0.120. The number of hydrogen-bond donors (Lipinski definition) is 2. The van der Waals surface area contributed by atoms with Crippen molar-refractivity contribution >= 4 is 0 Å². The third kappa shape index (κ3) is 2.96. The molecule has 1 heterocycles. The molecule has 94 valence electrons. The molecule has 1 atom stereocenters. The molecule has 3 heteroatoms. The Morgan fingerprint density at radius 1 is 1.12 bits per heavy atom. The lowest BCUT2D eigenvalue weighted by molar-refractivity contribution is -0.0409. The highest BCUT2D eigenvalue weighted by Crippen LogP contribution is 2.30. The summed E-state index contributed by atoms with van der Waals surface area (Å²) in [5, 5.41) is 10.6. The van der Waals surface area contributed by atoms with Crippen molar-refractivity contribution in [2.45, 2.75) is 63.0 Å². The van der Waals surface area contributed by atoms with Gasteiger partial charge in [0.05, 0.1) is 5.60 Å². The fourth-order valence-electron chi connectivity index (χ4n) is 3.28. The van der Waals surface area contributed by atoms with Crippen molar-refractivity contribution in [2.24, 2.45) is 5.73 Å². The van der Waals surface area contributed by atoms with E-state index in [2.05, 4.69) is 4.90 Å². The molecule has 0 aromatic carbocycles. The molecule has 1 aliphatic heterocycles. The summed E-state index contributed by atoms with van der Waals surface area (Å²) < 4.78 is 0. The van der Waals surface area contributed by atoms with E-state index in [0.717, 1.165) is 32.5 Å². The molecule has 0 bridgehead atoms. The van der Waals surface area contributed by atoms with Gasteiger partial charge in [0.25, 0.3) is 0 Å². The highest BCUT2D eigenvalue weighted by atomic mass is 16.3. The molecule has 0 aromatic rings. The van der Waals surface area contributed by atoms with E-state index in [0.29, 0.717) is 6.04 Å². The van der Waals surface area contributed by atoms with Crippen LogP contribution in [0.3, 0.4) is 0 Å². The summed E-state index contributed by atoms with van der Waals surface area (Å²) in [5.41, 5.74) is 5.40. The van der Waals surface area contributed by atoms with Crippen LogP contribution in [0.4, 0.5) is 0 Å². The highest BCUT2D eigenvalue weighted by Gasteiger charge is 2.34. The number of aliphatic hydroxyl groups is 1. The second-order valence-corrected chi connectivity index (χ2v) is 5.64. The topological polar surface area (TPSA) is 49.5 Å². The quantitative estimate of drug-likeness (QED) is 0.766. The van der Waals surface area contributed by atoms with Gasteiger partial charge in [-0.3, -0.25) is 4.90 Å². The Bertz CT molecular complexity index is 214. The van der Waals surface area contributed by atoms with Crippen LogP contribution in [0.25, 0.3) is 0 Å². The predicted octanol–water partition coefficient (Wildman–Crippen LogP) is 1.49. The summed E-state index contributed by atoms with van der Waals surface area (Å²) >= 11 is 0. The molecule has 3 N–H and O–H groups in total. The van der Waals surface area contributed by atoms with E-state index in [4.69, 9.17) is 5.73 Å². The van der Waals surface area contributed by atoms with Crippen LogP contribution >= 0.6 is 0 Å². The van der Waals surface area contributed by atoms with E-state index in [1.54, 1.807) is 0 Å². The van der Waals surface area contributed by atoms with Crippen molar-refractivity contribution in [1.29, 1.82) is 0 Å². The maximum atomic E-state index is 10.6. The fourth-order valence-corrected chi connectivity index (χ4v) is 3.28. The molecule has 1 aliphatic carbocycles. The molecule has 1 saturated heterocycles. The molecule has 0 aromatic heterocycles. The van der Waals surface area contributed by atoms with Gasteiger partial charge in [-0.05, 0) is 32.2 Å². The Labute approximate surface area is 99.0 Å². The molecule has 2 rings (SSSR count). The maximum Gasteiger partial charge on any atom is 0.0774 e. The molecule has 0 amide bonds. The van der Waals surface area contributed by atoms with Gasteiger partial charge >= 0.3 is 0 Å². The second-order valence-electron chi connectivity index (χ2n) is 5.64. The Balaban J connectivity index is 1.90. The van der Waals surface area contributed by atoms with Crippen LogP contribution in [0.2, 0.25) is 0 Å². The predicted molar refractivity (Wildman–Crippen MR) is 66.3 cm³/mol. The largest absolute Gasteiger partial charge is 0.389 e. The first-order valence-electron chi connectivity index (χ1n) is 6.90. The van der Waals surface area contributed by atoms with Gasteiger partial charge in [0.15, 0.2) is 0 Å². The lowest BCUT2D eigenvalue weighted by atomic mass is 9.83. The lowest BCUT2D eigenvalue weighted by Crippen LogP contribution is -2.52. The van der Waals surface area contributed by atoms with Crippen LogP contribution in [-0.4, -0.2) is 41.3 Å². The first-order valence-corrected chi connectivity index (χ1v) is 6.90. The van der Waals surface area contributed by atoms with E-state index in [-0.39, 0.29) is 0 Å². The number of rotatable bonds is 3. The summed E-state index contributed by atoms with van der Waals surface area (Å²) in [6, 6.07) is 0.514. The fraction of sp³-hybridized carbons (Fsp3) is 1.00. The molecular formula is C13H26N2O. The number of hydrogen-bond acceptors (Lipinski definition) is 3. The third-order valence-corrected chi connectivity index (χ3v) is 4.30. The monoisotopic (exact) mass is 226 g/mol. The van der Waals surface area contributed by atoms with Crippen molar-refractivity contribution < 1.29 is 5.11 Å². The lowest BCUT2D eigenvalue weighted by Gasteiger charge is -2.42. The maximum absolute atomic E-state index is 10.6. The zero-order chi connectivity index (χ0) is 11.4. The van der Waals surface area contributed by atoms with Gasteiger partial charge in [-0.25, -0.2) is 0 Å². The molecule has 2 aliphatic rings. The highest BCUT2D eigenvalue weighted by molar-refractivity contribution is 4.89. The van der Waals surface area contributed by atoms with E-state index < -0.39 is 5.60 Å². The first-order chi connectivity index (χ1) is 7.73. The Morgan fingerprint density at radius 3 is 2.56 bits per heavy atom. The zero-order valence-corrected chi connectivity index (χ0v) is 10.3. The second kappa shape index (κ2) is 5.48. The van der Waals surface area contributed by atoms with Gasteiger partial charge < -0.3 is 10.8 Å². The molecule has 2 fully saturated rings. The van der Waals surface area contributed by atoms with Crippen molar-refractivity contribution in [2.75, 3.05) is 19.6 Å². The number of piperidine rings is 1. The van der Waals surface area contributed by atoms with Crippen molar-refractivity contribution in [3.05, 3.63) is 0 Å². The van der Waals surface area contributed by atoms with E-state index in [9.17, 15) is 5.11 Å². The molecule has 0 spiro atoms. The summed E-state index contributed by atoms with van der Waals surface area (Å²) in [4.78, 5) is 2.44. The minimum absolute atomic E-state index is 0.414. The number of β-amino-alcohol motifs (C(OH)–C–C–N with tert-alkyl or cyclic N) is 1. The number of likely N-dealkylation sites (tertiary alicyclic amines) is 1. The van der Waals surface area contributed by atoms with Crippen LogP contribution in [-0.2, 0) is 0 Å². The van der Waals surface area contributed by atoms with Gasteiger partial charge in [-0.1, -0.05) is 25.7 Å². The average Bonchev–Trinajstić information content (AvgIpc) is 2.30. The zero-order valence-electron chi connectivity index (χ0n) is 10.3. The molecule has 1 unspecified atom stereocenters. The minimum atomic E-state index is -0.414. The van der Waals surface area contributed by atoms with Crippen LogP contribution in [0.1, 0.15) is 51.4 Å². The molecule has 16 heavy (non-hydrogen) atoms. The SMILES string of the molecule is NCC1CCCCN1CC1(O)CCCCC1. The molecule has 1 saturated carbocycles. The summed E-state index contributed by atoms with van der Waals surface area (Å²) in [6.45, 7) is 2.73. The van der Waals surface area contributed by atoms with Gasteiger partial charge in [-0.2, -0.15) is 0 Å². The van der Waals surface area contributed by atoms with E-state index in [1.807, 2.05) is 0 Å². The van der Waals surface area contributed by atoms with Gasteiger partial charge in [0, 0.05) is 19.1 Å². The van der Waals surface area contributed by atoms with Crippen LogP contribution in [0.15, 0.2) is 0 Å². The summed E-state index contributed by atoms with van der Waals surface area (Å²) in [5.74, 6) is 0. The third-order valence-electron chi connectivity index (χ3n) is 4.30. The van der Waals surface area contributed by atoms with Crippen LogP contribution < -0.4 is 5.73 Å². The number of nitrogens with zero attached hydrogens (tertiary/aromatic N) is 1. The van der Waals surface area contributed by atoms with Crippen LogP contribution in [0.5, 0.6) is 0 Å². The summed E-state index contributed by atoms with van der Waals surface area (Å²) in [7, 11) is 0. The molecule has 0 radical (unpaired) electrons. The minimum Gasteiger partial charge on any atom is -0.389 e. The average molecular weight is 226 g/mol. The number of nitrogens with two attached hydrogens (primary N) is 1. The first kappa shape index (κ1) is 12.3. The van der Waals surface area contributed by atoms with Crippen molar-refractivity contribution in [1.82, 2.24) is 4.90 Å². The van der Waals surface area contributed by atoms with Crippen molar-refractivity contribution in [3.63, 3.8) is 0 Å². The van der Waals surface area contributed by atoms with Crippen molar-refractivity contribution in [3.8, 4) is 0 Å². The molecule has 3 nitrogen and oxygen atoms in total. The van der Waals surface area contributed by atoms with Crippen LogP contribution in [0, 0.1) is 0 Å². The van der Waals surface area contributed by atoms with E-state index in [1.165, 1.54) is 38.5 Å². The molecular weight excluding hydrogens is 200 g/mol. The Morgan fingerprint density at radius 2 is 1.88 bits per heavy atom. The normalized spacial score (nSPS) is 31.5. The van der Waals surface area contributed by atoms with Gasteiger partial charge in [0.1, 0.15) is 0 Å². The standard InChI is InChI=1S/C13H26N2O/c14-10-12-6-2-5-9-15(12)11-13(16)7-3-1-4-8-13/h12,16H,1-11,14H2. The smallest absolute Gasteiger partial charge is 0.0774 e. The van der Waals surface area contributed by atoms with Gasteiger partial charge in [-0.15, -0.1) is 0 Å².